The van der Waals surface area contributed by atoms with Crippen molar-refractivity contribution in [3.63, 3.8) is 0 Å². The van der Waals surface area contributed by atoms with Crippen LogP contribution in [0.1, 0.15) is 26.7 Å². The number of aliphatic hydroxyl groups is 1. The predicted octanol–water partition coefficient (Wildman–Crippen LogP) is 1.87. The quantitative estimate of drug-likeness (QED) is 0.688. The normalized spacial score (nSPS) is 11.4. The van der Waals surface area contributed by atoms with E-state index < -0.39 is 0 Å². The number of aromatic nitrogens is 1. The maximum atomic E-state index is 9.43. The van der Waals surface area contributed by atoms with E-state index >= 15 is 0 Å². The van der Waals surface area contributed by atoms with Crippen molar-refractivity contribution in [3.8, 4) is 0 Å². The molecule has 0 spiro atoms. The number of nitrogen functional groups attached to an aromatic ring is 1. The summed E-state index contributed by atoms with van der Waals surface area (Å²) in [5.74, 6) is 0. The number of hydrogen-bond acceptors (Lipinski definition) is 4. The zero-order chi connectivity index (χ0) is 12.0. The Balaban J connectivity index is 2.62. The van der Waals surface area contributed by atoms with Crippen LogP contribution in [-0.2, 0) is 0 Å². The molecule has 4 heteroatoms. The molecular weight excluding hydrogens is 202 g/mol. The van der Waals surface area contributed by atoms with Gasteiger partial charge in [-0.25, -0.2) is 0 Å². The third-order valence-electron chi connectivity index (χ3n) is 3.26. The van der Waals surface area contributed by atoms with Gasteiger partial charge in [0.25, 0.3) is 0 Å². The van der Waals surface area contributed by atoms with Crippen molar-refractivity contribution >= 4 is 11.4 Å². The van der Waals surface area contributed by atoms with Crippen molar-refractivity contribution in [1.29, 1.82) is 0 Å². The van der Waals surface area contributed by atoms with E-state index in [0.717, 1.165) is 25.1 Å². The molecule has 0 aliphatic heterocycles. The van der Waals surface area contributed by atoms with E-state index in [-0.39, 0.29) is 12.0 Å². The largest absolute Gasteiger partial charge is 0.397 e. The van der Waals surface area contributed by atoms with Crippen LogP contribution in [0.3, 0.4) is 0 Å². The second-order valence-corrected chi connectivity index (χ2v) is 4.23. The van der Waals surface area contributed by atoms with Gasteiger partial charge in [-0.2, -0.15) is 0 Å². The van der Waals surface area contributed by atoms with Crippen LogP contribution in [0.4, 0.5) is 11.4 Å². The number of hydrogen-bond donors (Lipinski definition) is 3. The molecule has 4 nitrogen and oxygen atoms in total. The van der Waals surface area contributed by atoms with Crippen LogP contribution in [0.25, 0.3) is 0 Å². The lowest BCUT2D eigenvalue weighted by atomic mass is 9.83. The summed E-state index contributed by atoms with van der Waals surface area (Å²) in [5.41, 5.74) is 7.14. The van der Waals surface area contributed by atoms with E-state index in [2.05, 4.69) is 24.1 Å². The van der Waals surface area contributed by atoms with Crippen LogP contribution in [0, 0.1) is 5.41 Å². The fraction of sp³-hybridized carbons (Fsp3) is 0.583. The Bertz CT molecular complexity index is 316. The molecule has 4 N–H and O–H groups in total. The zero-order valence-electron chi connectivity index (χ0n) is 10.0. The number of pyridine rings is 1. The van der Waals surface area contributed by atoms with Gasteiger partial charge in [0.05, 0.1) is 24.2 Å². The molecule has 0 saturated heterocycles. The minimum absolute atomic E-state index is 0.0510. The summed E-state index contributed by atoms with van der Waals surface area (Å²) in [6, 6.07) is 1.85. The first-order valence-corrected chi connectivity index (χ1v) is 5.71. The first-order chi connectivity index (χ1) is 7.65. The van der Waals surface area contributed by atoms with Gasteiger partial charge in [0, 0.05) is 18.2 Å². The summed E-state index contributed by atoms with van der Waals surface area (Å²) in [5, 5.41) is 12.7. The third kappa shape index (κ3) is 3.10. The molecule has 0 fully saturated rings. The van der Waals surface area contributed by atoms with E-state index in [1.54, 1.807) is 12.4 Å². The Morgan fingerprint density at radius 2 is 2.06 bits per heavy atom. The van der Waals surface area contributed by atoms with Gasteiger partial charge in [0.1, 0.15) is 0 Å². The molecule has 0 amide bonds. The van der Waals surface area contributed by atoms with Crippen molar-refractivity contribution in [2.45, 2.75) is 26.7 Å². The minimum Gasteiger partial charge on any atom is -0.397 e. The van der Waals surface area contributed by atoms with Crippen molar-refractivity contribution in [2.24, 2.45) is 5.41 Å². The van der Waals surface area contributed by atoms with Crippen molar-refractivity contribution < 1.29 is 5.11 Å². The Kier molecular flexibility index (Phi) is 4.55. The van der Waals surface area contributed by atoms with Gasteiger partial charge in [0.2, 0.25) is 0 Å². The van der Waals surface area contributed by atoms with Gasteiger partial charge in [-0.05, 0) is 18.9 Å². The second-order valence-electron chi connectivity index (χ2n) is 4.23. The molecule has 0 atom stereocenters. The molecule has 0 bridgehead atoms. The maximum absolute atomic E-state index is 9.43. The summed E-state index contributed by atoms with van der Waals surface area (Å²) in [7, 11) is 0. The standard InChI is InChI=1S/C12H21N3O/c1-3-12(4-2,9-16)8-15-11-5-10(13)6-14-7-11/h5-7,15-16H,3-4,8-9,13H2,1-2H3. The molecule has 1 heterocycles. The lowest BCUT2D eigenvalue weighted by molar-refractivity contribution is 0.127. The van der Waals surface area contributed by atoms with Gasteiger partial charge in [-0.1, -0.05) is 13.8 Å². The summed E-state index contributed by atoms with van der Waals surface area (Å²) in [4.78, 5) is 4.01. The molecule has 0 saturated carbocycles. The molecular formula is C12H21N3O. The van der Waals surface area contributed by atoms with Crippen LogP contribution in [0.2, 0.25) is 0 Å². The fourth-order valence-corrected chi connectivity index (χ4v) is 1.62. The molecule has 0 aliphatic carbocycles. The molecule has 0 unspecified atom stereocenters. The molecule has 1 rings (SSSR count). The van der Waals surface area contributed by atoms with Crippen molar-refractivity contribution in [1.82, 2.24) is 4.98 Å². The van der Waals surface area contributed by atoms with E-state index in [4.69, 9.17) is 5.73 Å². The van der Waals surface area contributed by atoms with Crippen LogP contribution in [0.5, 0.6) is 0 Å². The van der Waals surface area contributed by atoms with Crippen molar-refractivity contribution in [2.75, 3.05) is 24.2 Å². The number of aliphatic hydroxyl groups excluding tert-OH is 1. The van der Waals surface area contributed by atoms with E-state index in [0.29, 0.717) is 5.69 Å². The number of rotatable bonds is 6. The first kappa shape index (κ1) is 12.8. The van der Waals surface area contributed by atoms with Gasteiger partial charge in [-0.15, -0.1) is 0 Å². The summed E-state index contributed by atoms with van der Waals surface area (Å²) in [6.07, 6.45) is 5.25. The molecule has 1 aromatic heterocycles. The Morgan fingerprint density at radius 3 is 2.56 bits per heavy atom. The highest BCUT2D eigenvalue weighted by Crippen LogP contribution is 2.26. The monoisotopic (exact) mass is 223 g/mol. The van der Waals surface area contributed by atoms with Crippen LogP contribution < -0.4 is 11.1 Å². The average molecular weight is 223 g/mol. The summed E-state index contributed by atoms with van der Waals surface area (Å²) < 4.78 is 0. The van der Waals surface area contributed by atoms with Gasteiger partial charge in [-0.3, -0.25) is 4.98 Å². The highest BCUT2D eigenvalue weighted by Gasteiger charge is 2.24. The number of nitrogens with zero attached hydrogens (tertiary/aromatic N) is 1. The second kappa shape index (κ2) is 5.70. The lowest BCUT2D eigenvalue weighted by Crippen LogP contribution is -2.32. The average Bonchev–Trinajstić information content (AvgIpc) is 2.32. The number of nitrogens with two attached hydrogens (primary N) is 1. The molecule has 1 aromatic rings. The predicted molar refractivity (Wildman–Crippen MR) is 67.2 cm³/mol. The van der Waals surface area contributed by atoms with Crippen LogP contribution in [-0.4, -0.2) is 23.2 Å². The molecule has 16 heavy (non-hydrogen) atoms. The third-order valence-corrected chi connectivity index (χ3v) is 3.26. The van der Waals surface area contributed by atoms with Crippen molar-refractivity contribution in [3.05, 3.63) is 18.5 Å². The first-order valence-electron chi connectivity index (χ1n) is 5.71. The zero-order valence-corrected chi connectivity index (χ0v) is 10.0. The van der Waals surface area contributed by atoms with Crippen LogP contribution >= 0.6 is 0 Å². The molecule has 0 aromatic carbocycles. The Labute approximate surface area is 96.9 Å². The number of anilines is 2. The Hall–Kier alpha value is -1.29. The molecule has 0 radical (unpaired) electrons. The highest BCUT2D eigenvalue weighted by molar-refractivity contribution is 5.51. The van der Waals surface area contributed by atoms with E-state index in [1.165, 1.54) is 0 Å². The summed E-state index contributed by atoms with van der Waals surface area (Å²) >= 11 is 0. The van der Waals surface area contributed by atoms with Gasteiger partial charge in [0.15, 0.2) is 0 Å². The van der Waals surface area contributed by atoms with Gasteiger partial charge >= 0.3 is 0 Å². The smallest absolute Gasteiger partial charge is 0.0547 e. The molecule has 0 aliphatic rings. The van der Waals surface area contributed by atoms with Gasteiger partial charge < -0.3 is 16.2 Å². The lowest BCUT2D eigenvalue weighted by Gasteiger charge is -2.29. The highest BCUT2D eigenvalue weighted by atomic mass is 16.3. The molecule has 90 valence electrons. The van der Waals surface area contributed by atoms with E-state index in [1.807, 2.05) is 6.07 Å². The maximum Gasteiger partial charge on any atom is 0.0547 e. The summed E-state index contributed by atoms with van der Waals surface area (Å²) in [6.45, 7) is 5.13. The minimum atomic E-state index is -0.0510. The SMILES string of the molecule is CCC(CC)(CO)CNc1cncc(N)c1. The Morgan fingerprint density at radius 1 is 1.38 bits per heavy atom. The fourth-order valence-electron chi connectivity index (χ4n) is 1.62. The number of nitrogens with one attached hydrogen (secondary N) is 1. The topological polar surface area (TPSA) is 71.2 Å². The van der Waals surface area contributed by atoms with Crippen LogP contribution in [0.15, 0.2) is 18.5 Å². The van der Waals surface area contributed by atoms with E-state index in [9.17, 15) is 5.11 Å².